The molecule has 0 aromatic carbocycles. The Kier molecular flexibility index (Phi) is 2.82. The third-order valence-corrected chi connectivity index (χ3v) is 1.88. The lowest BCUT2D eigenvalue weighted by Crippen LogP contribution is -2.25. The van der Waals surface area contributed by atoms with Crippen LogP contribution in [0, 0.1) is 6.92 Å². The summed E-state index contributed by atoms with van der Waals surface area (Å²) in [7, 11) is 0. The molecule has 0 fully saturated rings. The minimum atomic E-state index is -1.06. The Morgan fingerprint density at radius 2 is 2.38 bits per heavy atom. The minimum Gasteiger partial charge on any atom is -0.480 e. The van der Waals surface area contributed by atoms with E-state index in [4.69, 9.17) is 5.11 Å². The molecule has 13 heavy (non-hydrogen) atoms. The second kappa shape index (κ2) is 3.69. The Morgan fingerprint density at radius 1 is 1.77 bits per heavy atom. The molecule has 0 saturated carbocycles. The summed E-state index contributed by atoms with van der Waals surface area (Å²) < 4.78 is 1.23. The number of aromatic nitrogens is 2. The van der Waals surface area contributed by atoms with Gasteiger partial charge in [-0.2, -0.15) is 0 Å². The van der Waals surface area contributed by atoms with Crippen molar-refractivity contribution in [2.45, 2.75) is 13.5 Å². The second-order valence-electron chi connectivity index (χ2n) is 2.50. The third kappa shape index (κ3) is 2.38. The van der Waals surface area contributed by atoms with Crippen LogP contribution in [0.5, 0.6) is 0 Å². The monoisotopic (exact) mass is 246 g/mol. The van der Waals surface area contributed by atoms with Gasteiger partial charge >= 0.3 is 5.97 Å². The Morgan fingerprint density at radius 3 is 2.92 bits per heavy atom. The number of nitrogens with zero attached hydrogens (tertiary/aromatic N) is 2. The van der Waals surface area contributed by atoms with Crippen LogP contribution in [0.1, 0.15) is 5.69 Å². The van der Waals surface area contributed by atoms with Crippen LogP contribution in [0.25, 0.3) is 0 Å². The number of hydrogen-bond acceptors (Lipinski definition) is 3. The van der Waals surface area contributed by atoms with Crippen LogP contribution in [0.2, 0.25) is 0 Å². The maximum absolute atomic E-state index is 11.2. The van der Waals surface area contributed by atoms with Crippen molar-refractivity contribution in [2.75, 3.05) is 0 Å². The molecule has 0 unspecified atom stereocenters. The van der Waals surface area contributed by atoms with Crippen LogP contribution in [0.3, 0.4) is 0 Å². The molecule has 1 N–H and O–H groups in total. The van der Waals surface area contributed by atoms with E-state index in [-0.39, 0.29) is 11.1 Å². The molecule has 0 radical (unpaired) electrons. The molecule has 0 amide bonds. The van der Waals surface area contributed by atoms with Gasteiger partial charge in [-0.25, -0.2) is 4.98 Å². The Balaban J connectivity index is 3.21. The average molecular weight is 247 g/mol. The van der Waals surface area contributed by atoms with Crippen molar-refractivity contribution in [3.05, 3.63) is 26.8 Å². The fraction of sp³-hybridized carbons (Fsp3) is 0.286. The molecule has 0 aliphatic carbocycles. The molecule has 6 heteroatoms. The molecular weight excluding hydrogens is 240 g/mol. The van der Waals surface area contributed by atoms with Gasteiger partial charge in [0.15, 0.2) is 4.60 Å². The van der Waals surface area contributed by atoms with Crippen molar-refractivity contribution in [3.8, 4) is 0 Å². The summed E-state index contributed by atoms with van der Waals surface area (Å²) in [6.45, 7) is 1.34. The van der Waals surface area contributed by atoms with Crippen molar-refractivity contribution in [1.82, 2.24) is 9.55 Å². The minimum absolute atomic E-state index is 0.133. The Labute approximate surface area is 82.2 Å². The van der Waals surface area contributed by atoms with Crippen LogP contribution in [-0.4, -0.2) is 20.6 Å². The summed E-state index contributed by atoms with van der Waals surface area (Å²) in [4.78, 5) is 25.4. The van der Waals surface area contributed by atoms with Gasteiger partial charge < -0.3 is 9.67 Å². The highest BCUT2D eigenvalue weighted by Gasteiger charge is 2.06. The summed E-state index contributed by atoms with van der Waals surface area (Å²) in [5.41, 5.74) is 0.153. The van der Waals surface area contributed by atoms with Crippen LogP contribution in [0.15, 0.2) is 15.6 Å². The van der Waals surface area contributed by atoms with Gasteiger partial charge in [0, 0.05) is 6.20 Å². The van der Waals surface area contributed by atoms with E-state index >= 15 is 0 Å². The molecule has 1 aromatic rings. The molecule has 0 saturated heterocycles. The lowest BCUT2D eigenvalue weighted by atomic mass is 10.5. The Bertz CT molecular complexity index is 399. The number of carboxylic acid groups (broad SMARTS) is 1. The zero-order valence-corrected chi connectivity index (χ0v) is 8.41. The lowest BCUT2D eigenvalue weighted by Gasteiger charge is -2.02. The highest BCUT2D eigenvalue weighted by Crippen LogP contribution is 1.99. The molecule has 1 rings (SSSR count). The van der Waals surface area contributed by atoms with E-state index in [1.807, 2.05) is 0 Å². The van der Waals surface area contributed by atoms with Gasteiger partial charge in [0.1, 0.15) is 6.54 Å². The first kappa shape index (κ1) is 9.91. The largest absolute Gasteiger partial charge is 0.480 e. The molecular formula is C7H7BrN2O3. The zero-order chi connectivity index (χ0) is 10.0. The number of rotatable bonds is 2. The van der Waals surface area contributed by atoms with Gasteiger partial charge in [0.05, 0.1) is 5.69 Å². The number of aliphatic carboxylic acids is 1. The highest BCUT2D eigenvalue weighted by molar-refractivity contribution is 9.10. The quantitative estimate of drug-likeness (QED) is 0.820. The fourth-order valence-corrected chi connectivity index (χ4v) is 1.40. The first-order valence-corrected chi connectivity index (χ1v) is 4.25. The van der Waals surface area contributed by atoms with Crippen LogP contribution < -0.4 is 5.56 Å². The van der Waals surface area contributed by atoms with Crippen LogP contribution in [-0.2, 0) is 11.3 Å². The summed E-state index contributed by atoms with van der Waals surface area (Å²) >= 11 is 2.95. The van der Waals surface area contributed by atoms with Crippen molar-refractivity contribution < 1.29 is 9.90 Å². The molecule has 5 nitrogen and oxygen atoms in total. The fourth-order valence-electron chi connectivity index (χ4n) is 0.897. The summed E-state index contributed by atoms with van der Waals surface area (Å²) in [6.07, 6.45) is 1.40. The molecule has 0 aliphatic rings. The third-order valence-electron chi connectivity index (χ3n) is 1.36. The SMILES string of the molecule is Cc1cn(CC(=O)O)c(=O)c(Br)n1. The summed E-state index contributed by atoms with van der Waals surface area (Å²) in [5, 5.41) is 8.48. The molecule has 0 spiro atoms. The molecule has 0 aliphatic heterocycles. The van der Waals surface area contributed by atoms with Gasteiger partial charge in [-0.05, 0) is 22.9 Å². The van der Waals surface area contributed by atoms with Gasteiger partial charge in [-0.3, -0.25) is 9.59 Å². The van der Waals surface area contributed by atoms with E-state index < -0.39 is 11.5 Å². The molecule has 0 atom stereocenters. The molecule has 70 valence electrons. The Hall–Kier alpha value is -1.17. The van der Waals surface area contributed by atoms with Crippen molar-refractivity contribution in [1.29, 1.82) is 0 Å². The van der Waals surface area contributed by atoms with Crippen molar-refractivity contribution >= 4 is 21.9 Å². The zero-order valence-electron chi connectivity index (χ0n) is 6.82. The topological polar surface area (TPSA) is 72.2 Å². The number of carboxylic acids is 1. The molecule has 0 bridgehead atoms. The van der Waals surface area contributed by atoms with Gasteiger partial charge in [0.2, 0.25) is 0 Å². The predicted molar refractivity (Wildman–Crippen MR) is 48.6 cm³/mol. The van der Waals surface area contributed by atoms with Gasteiger partial charge in [-0.15, -0.1) is 0 Å². The summed E-state index contributed by atoms with van der Waals surface area (Å²) in [5.74, 6) is -1.06. The maximum atomic E-state index is 11.2. The first-order valence-electron chi connectivity index (χ1n) is 3.46. The van der Waals surface area contributed by atoms with Gasteiger partial charge in [0.25, 0.3) is 5.56 Å². The van der Waals surface area contributed by atoms with Crippen molar-refractivity contribution in [2.24, 2.45) is 0 Å². The lowest BCUT2D eigenvalue weighted by molar-refractivity contribution is -0.137. The van der Waals surface area contributed by atoms with Crippen LogP contribution >= 0.6 is 15.9 Å². The van der Waals surface area contributed by atoms with E-state index in [2.05, 4.69) is 20.9 Å². The van der Waals surface area contributed by atoms with E-state index in [1.165, 1.54) is 6.20 Å². The standard InChI is InChI=1S/C7H7BrN2O3/c1-4-2-10(3-5(11)12)7(13)6(8)9-4/h2H,3H2,1H3,(H,11,12). The van der Waals surface area contributed by atoms with E-state index in [9.17, 15) is 9.59 Å². The van der Waals surface area contributed by atoms with Crippen LogP contribution in [0.4, 0.5) is 0 Å². The number of aryl methyl sites for hydroxylation is 1. The summed E-state index contributed by atoms with van der Waals surface area (Å²) in [6, 6.07) is 0. The highest BCUT2D eigenvalue weighted by atomic mass is 79.9. The average Bonchev–Trinajstić information content (AvgIpc) is 1.98. The number of hydrogen-bond donors (Lipinski definition) is 1. The predicted octanol–water partition coefficient (Wildman–Crippen LogP) is 0.399. The van der Waals surface area contributed by atoms with E-state index in [0.29, 0.717) is 5.69 Å². The maximum Gasteiger partial charge on any atom is 0.323 e. The smallest absolute Gasteiger partial charge is 0.323 e. The second-order valence-corrected chi connectivity index (χ2v) is 3.25. The molecule has 1 heterocycles. The molecule has 1 aromatic heterocycles. The number of halogens is 1. The van der Waals surface area contributed by atoms with Gasteiger partial charge in [-0.1, -0.05) is 0 Å². The van der Waals surface area contributed by atoms with E-state index in [1.54, 1.807) is 6.92 Å². The normalized spacial score (nSPS) is 10.0. The number of carbonyl (C=O) groups is 1. The first-order chi connectivity index (χ1) is 6.00. The van der Waals surface area contributed by atoms with Crippen molar-refractivity contribution in [3.63, 3.8) is 0 Å². The van der Waals surface area contributed by atoms with E-state index in [0.717, 1.165) is 4.57 Å².